The molecule has 1 aromatic heterocycles. The minimum absolute atomic E-state index is 0.0714. The molecular weight excluding hydrogens is 323 g/mol. The molecule has 0 atom stereocenters. The van der Waals surface area contributed by atoms with E-state index in [4.69, 9.17) is 16.0 Å². The average Bonchev–Trinajstić information content (AvgIpc) is 2.79. The van der Waals surface area contributed by atoms with Crippen LogP contribution in [0.25, 0.3) is 11.3 Å². The molecule has 2 aromatic rings. The van der Waals surface area contributed by atoms with E-state index in [-0.39, 0.29) is 22.1 Å². The van der Waals surface area contributed by atoms with Crippen LogP contribution in [0, 0.1) is 0 Å². The first-order chi connectivity index (χ1) is 8.54. The minimum atomic E-state index is -1.17. The van der Waals surface area contributed by atoms with Crippen LogP contribution in [0.2, 0.25) is 5.02 Å². The van der Waals surface area contributed by atoms with Gasteiger partial charge in [0, 0.05) is 10.0 Å². The Balaban J connectivity index is 2.72. The van der Waals surface area contributed by atoms with Gasteiger partial charge in [0.2, 0.25) is 0 Å². The summed E-state index contributed by atoms with van der Waals surface area (Å²) in [5.74, 6) is -0.780. The predicted molar refractivity (Wildman–Crippen MR) is 69.2 cm³/mol. The van der Waals surface area contributed by atoms with Crippen LogP contribution in [0.5, 0.6) is 0 Å². The van der Waals surface area contributed by atoms with Crippen molar-refractivity contribution in [1.82, 2.24) is 0 Å². The van der Waals surface area contributed by atoms with Crippen molar-refractivity contribution < 1.29 is 19.1 Å². The van der Waals surface area contributed by atoms with Gasteiger partial charge in [-0.2, -0.15) is 0 Å². The maximum absolute atomic E-state index is 11.2. The second kappa shape index (κ2) is 4.96. The van der Waals surface area contributed by atoms with Crippen molar-refractivity contribution in [3.05, 3.63) is 45.1 Å². The Kier molecular flexibility index (Phi) is 3.54. The molecule has 0 radical (unpaired) electrons. The van der Waals surface area contributed by atoms with Crippen molar-refractivity contribution in [1.29, 1.82) is 0 Å². The minimum Gasteiger partial charge on any atom is -0.478 e. The van der Waals surface area contributed by atoms with Crippen LogP contribution in [0.4, 0.5) is 0 Å². The van der Waals surface area contributed by atoms with Crippen LogP contribution in [0.1, 0.15) is 20.9 Å². The summed E-state index contributed by atoms with van der Waals surface area (Å²) in [7, 11) is 0. The van der Waals surface area contributed by atoms with Crippen LogP contribution in [-0.2, 0) is 0 Å². The van der Waals surface area contributed by atoms with E-state index in [2.05, 4.69) is 15.9 Å². The number of aromatic carboxylic acids is 1. The first-order valence-corrected chi connectivity index (χ1v) is 5.98. The van der Waals surface area contributed by atoms with Gasteiger partial charge >= 0.3 is 5.97 Å². The summed E-state index contributed by atoms with van der Waals surface area (Å²) >= 11 is 9.12. The zero-order valence-electron chi connectivity index (χ0n) is 8.81. The fourth-order valence-electron chi connectivity index (χ4n) is 1.55. The fraction of sp³-hybridized carbons (Fsp3) is 0. The van der Waals surface area contributed by atoms with Crippen molar-refractivity contribution in [2.45, 2.75) is 0 Å². The molecule has 18 heavy (non-hydrogen) atoms. The monoisotopic (exact) mass is 328 g/mol. The van der Waals surface area contributed by atoms with Gasteiger partial charge in [-0.1, -0.05) is 27.5 Å². The Hall–Kier alpha value is -1.59. The Morgan fingerprint density at radius 2 is 2.06 bits per heavy atom. The predicted octanol–water partition coefficient (Wildman–Crippen LogP) is 3.87. The van der Waals surface area contributed by atoms with Crippen molar-refractivity contribution >= 4 is 39.8 Å². The number of aldehydes is 1. The van der Waals surface area contributed by atoms with Gasteiger partial charge in [0.15, 0.2) is 12.0 Å². The van der Waals surface area contributed by atoms with E-state index >= 15 is 0 Å². The average molecular weight is 330 g/mol. The van der Waals surface area contributed by atoms with Crippen molar-refractivity contribution in [3.8, 4) is 11.3 Å². The van der Waals surface area contributed by atoms with E-state index in [1.165, 1.54) is 18.2 Å². The van der Waals surface area contributed by atoms with E-state index in [1.54, 1.807) is 6.07 Å². The number of rotatable bonds is 3. The van der Waals surface area contributed by atoms with Gasteiger partial charge in [-0.05, 0) is 24.3 Å². The Bertz CT molecular complexity index is 633. The number of carboxylic acids is 1. The molecule has 0 spiro atoms. The number of halogens is 2. The van der Waals surface area contributed by atoms with Gasteiger partial charge in [0.05, 0.1) is 10.6 Å². The molecule has 0 unspecified atom stereocenters. The Morgan fingerprint density at radius 3 is 2.61 bits per heavy atom. The summed E-state index contributed by atoms with van der Waals surface area (Å²) in [5, 5.41) is 9.28. The second-order valence-corrected chi connectivity index (χ2v) is 4.67. The SMILES string of the molecule is O=Cc1ccc(-c2c(Br)ccc(Cl)c2C(=O)O)o1. The van der Waals surface area contributed by atoms with E-state index in [0.717, 1.165) is 0 Å². The highest BCUT2D eigenvalue weighted by atomic mass is 79.9. The van der Waals surface area contributed by atoms with Crippen LogP contribution < -0.4 is 0 Å². The van der Waals surface area contributed by atoms with Gasteiger partial charge in [0.25, 0.3) is 0 Å². The van der Waals surface area contributed by atoms with Crippen LogP contribution in [0.15, 0.2) is 33.2 Å². The molecular formula is C12H6BrClO4. The number of carbonyl (C=O) groups excluding carboxylic acids is 1. The van der Waals surface area contributed by atoms with Crippen molar-refractivity contribution in [2.75, 3.05) is 0 Å². The Morgan fingerprint density at radius 1 is 1.33 bits per heavy atom. The molecule has 0 fully saturated rings. The highest BCUT2D eigenvalue weighted by Crippen LogP contribution is 2.36. The molecule has 92 valence electrons. The number of benzene rings is 1. The maximum Gasteiger partial charge on any atom is 0.338 e. The smallest absolute Gasteiger partial charge is 0.338 e. The molecule has 0 amide bonds. The molecule has 4 nitrogen and oxygen atoms in total. The normalized spacial score (nSPS) is 10.3. The van der Waals surface area contributed by atoms with E-state index in [1.807, 2.05) is 0 Å². The first-order valence-electron chi connectivity index (χ1n) is 4.81. The molecule has 1 heterocycles. The van der Waals surface area contributed by atoms with Crippen molar-refractivity contribution in [3.63, 3.8) is 0 Å². The lowest BCUT2D eigenvalue weighted by atomic mass is 10.1. The summed E-state index contributed by atoms with van der Waals surface area (Å²) in [5.41, 5.74) is 0.237. The number of furan rings is 1. The topological polar surface area (TPSA) is 67.5 Å². The first kappa shape index (κ1) is 12.9. The number of carbonyl (C=O) groups is 2. The third-order valence-electron chi connectivity index (χ3n) is 2.31. The molecule has 0 aliphatic heterocycles. The van der Waals surface area contributed by atoms with Gasteiger partial charge < -0.3 is 9.52 Å². The number of hydrogen-bond donors (Lipinski definition) is 1. The zero-order valence-corrected chi connectivity index (χ0v) is 11.2. The van der Waals surface area contributed by atoms with Crippen molar-refractivity contribution in [2.24, 2.45) is 0 Å². The molecule has 1 N–H and O–H groups in total. The van der Waals surface area contributed by atoms with Gasteiger partial charge in [0.1, 0.15) is 5.76 Å². The summed E-state index contributed by atoms with van der Waals surface area (Å²) in [6.45, 7) is 0. The lowest BCUT2D eigenvalue weighted by Gasteiger charge is -2.07. The summed E-state index contributed by atoms with van der Waals surface area (Å²) in [6, 6.07) is 6.07. The largest absolute Gasteiger partial charge is 0.478 e. The second-order valence-electron chi connectivity index (χ2n) is 3.40. The van der Waals surface area contributed by atoms with Crippen LogP contribution >= 0.6 is 27.5 Å². The fourth-order valence-corrected chi connectivity index (χ4v) is 2.32. The zero-order chi connectivity index (χ0) is 13.3. The van der Waals surface area contributed by atoms with Gasteiger partial charge in [-0.25, -0.2) is 4.79 Å². The lowest BCUT2D eigenvalue weighted by molar-refractivity contribution is 0.0697. The lowest BCUT2D eigenvalue weighted by Crippen LogP contribution is -2.01. The molecule has 0 saturated heterocycles. The molecule has 0 aliphatic rings. The molecule has 0 bridgehead atoms. The standard InChI is InChI=1S/C12H6BrClO4/c13-7-2-3-8(14)11(12(16)17)10(7)9-4-1-6(5-15)18-9/h1-5H,(H,16,17). The quantitative estimate of drug-likeness (QED) is 0.868. The number of carboxylic acid groups (broad SMARTS) is 1. The highest BCUT2D eigenvalue weighted by Gasteiger charge is 2.21. The Labute approximate surface area is 115 Å². The maximum atomic E-state index is 11.2. The third kappa shape index (κ3) is 2.19. The molecule has 1 aromatic carbocycles. The summed E-state index contributed by atoms with van der Waals surface area (Å²) in [6.07, 6.45) is 0.544. The molecule has 0 saturated carbocycles. The van der Waals surface area contributed by atoms with Gasteiger partial charge in [-0.3, -0.25) is 4.79 Å². The highest BCUT2D eigenvalue weighted by molar-refractivity contribution is 9.10. The summed E-state index contributed by atoms with van der Waals surface area (Å²) < 4.78 is 5.75. The third-order valence-corrected chi connectivity index (χ3v) is 3.28. The van der Waals surface area contributed by atoms with Crippen LogP contribution in [0.3, 0.4) is 0 Å². The molecule has 6 heteroatoms. The molecule has 2 rings (SSSR count). The van der Waals surface area contributed by atoms with E-state index in [9.17, 15) is 14.7 Å². The number of hydrogen-bond acceptors (Lipinski definition) is 3. The molecule has 0 aliphatic carbocycles. The van der Waals surface area contributed by atoms with E-state index in [0.29, 0.717) is 16.3 Å². The van der Waals surface area contributed by atoms with Crippen LogP contribution in [-0.4, -0.2) is 17.4 Å². The van der Waals surface area contributed by atoms with Gasteiger partial charge in [-0.15, -0.1) is 0 Å². The van der Waals surface area contributed by atoms with E-state index < -0.39 is 5.97 Å². The summed E-state index contributed by atoms with van der Waals surface area (Å²) in [4.78, 5) is 21.8.